The molecule has 6 heteroatoms. The van der Waals surface area contributed by atoms with Crippen molar-refractivity contribution in [2.45, 2.75) is 9.96 Å². The van der Waals surface area contributed by atoms with Crippen molar-refractivity contribution >= 4 is 23.1 Å². The Morgan fingerprint density at radius 3 is 3.12 bits per heavy atom. The van der Waals surface area contributed by atoms with Crippen LogP contribution in [0.5, 0.6) is 0 Å². The lowest BCUT2D eigenvalue weighted by Crippen LogP contribution is -1.80. The van der Waals surface area contributed by atoms with Gasteiger partial charge in [0.05, 0.1) is 21.8 Å². The molecule has 4 nitrogen and oxygen atoms in total. The van der Waals surface area contributed by atoms with Crippen LogP contribution in [0.4, 0.5) is 0 Å². The molecule has 0 saturated heterocycles. The van der Waals surface area contributed by atoms with Crippen molar-refractivity contribution in [2.24, 2.45) is 0 Å². The van der Waals surface area contributed by atoms with Gasteiger partial charge < -0.3 is 8.94 Å². The minimum absolute atomic E-state index is 0.570. The van der Waals surface area contributed by atoms with Crippen molar-refractivity contribution in [2.75, 3.05) is 0 Å². The van der Waals surface area contributed by atoms with Gasteiger partial charge in [0.1, 0.15) is 6.26 Å². The van der Waals surface area contributed by atoms with Crippen molar-refractivity contribution in [3.05, 3.63) is 42.0 Å². The maximum Gasteiger partial charge on any atom is 0.237 e. The minimum atomic E-state index is 0.570. The molecule has 0 radical (unpaired) electrons. The van der Waals surface area contributed by atoms with Gasteiger partial charge >= 0.3 is 0 Å². The number of aromatic nitrogens is 2. The Kier molecular flexibility index (Phi) is 2.98. The van der Waals surface area contributed by atoms with Crippen LogP contribution in [0.3, 0.4) is 0 Å². The van der Waals surface area contributed by atoms with Gasteiger partial charge in [-0.15, -0.1) is 23.1 Å². The van der Waals surface area contributed by atoms with Crippen LogP contribution in [0.25, 0.3) is 11.4 Å². The van der Waals surface area contributed by atoms with E-state index in [1.165, 1.54) is 4.21 Å². The fourth-order valence-electron chi connectivity index (χ4n) is 1.30. The molecule has 3 aromatic heterocycles. The topological polar surface area (TPSA) is 52.1 Å². The zero-order valence-electron chi connectivity index (χ0n) is 8.70. The van der Waals surface area contributed by atoms with E-state index < -0.39 is 0 Å². The van der Waals surface area contributed by atoms with E-state index in [9.17, 15) is 0 Å². The highest BCUT2D eigenvalue weighted by Gasteiger charge is 2.09. The van der Waals surface area contributed by atoms with Gasteiger partial charge in [0, 0.05) is 0 Å². The Morgan fingerprint density at radius 1 is 1.35 bits per heavy atom. The number of hydrogen-bond donors (Lipinski definition) is 0. The van der Waals surface area contributed by atoms with Crippen LogP contribution in [0, 0.1) is 0 Å². The molecule has 0 atom stereocenters. The van der Waals surface area contributed by atoms with Crippen molar-refractivity contribution in [3.63, 3.8) is 0 Å². The fourth-order valence-corrected chi connectivity index (χ4v) is 2.92. The quantitative estimate of drug-likeness (QED) is 0.673. The molecule has 0 N–H and O–H groups in total. The molecule has 3 aromatic rings. The molecular weight excluding hydrogens is 256 g/mol. The number of rotatable bonds is 4. The van der Waals surface area contributed by atoms with Crippen molar-refractivity contribution < 1.29 is 8.94 Å². The molecule has 0 aliphatic carbocycles. The van der Waals surface area contributed by atoms with E-state index >= 15 is 0 Å². The van der Waals surface area contributed by atoms with Gasteiger partial charge in [-0.3, -0.25) is 0 Å². The third-order valence-electron chi connectivity index (χ3n) is 2.08. The van der Waals surface area contributed by atoms with Crippen LogP contribution in [-0.4, -0.2) is 10.1 Å². The summed E-state index contributed by atoms with van der Waals surface area (Å²) in [5.74, 6) is 1.88. The molecule has 0 aliphatic heterocycles. The van der Waals surface area contributed by atoms with Gasteiger partial charge in [0.25, 0.3) is 0 Å². The van der Waals surface area contributed by atoms with Crippen LogP contribution in [-0.2, 0) is 5.75 Å². The first-order valence-electron chi connectivity index (χ1n) is 4.93. The lowest BCUT2D eigenvalue weighted by molar-refractivity contribution is 0.391. The summed E-state index contributed by atoms with van der Waals surface area (Å²) in [6.45, 7) is 0. The molecular formula is C11H8N2O2S2. The maximum atomic E-state index is 5.17. The summed E-state index contributed by atoms with van der Waals surface area (Å²) in [4.78, 5) is 4.30. The van der Waals surface area contributed by atoms with E-state index in [0.717, 1.165) is 5.56 Å². The molecule has 3 rings (SSSR count). The first kappa shape index (κ1) is 10.6. The summed E-state index contributed by atoms with van der Waals surface area (Å²) in [6.07, 6.45) is 3.19. The molecule has 0 bridgehead atoms. The van der Waals surface area contributed by atoms with Gasteiger partial charge in [0.2, 0.25) is 11.7 Å². The Bertz CT molecular complexity index is 572. The van der Waals surface area contributed by atoms with Gasteiger partial charge in [-0.1, -0.05) is 11.2 Å². The van der Waals surface area contributed by atoms with E-state index in [1.54, 1.807) is 41.7 Å². The standard InChI is InChI=1S/C11H8N2O2S2/c1-2-10(16-5-1)17-7-9-12-11(13-15-9)8-3-4-14-6-8/h1-6H,7H2. The predicted octanol–water partition coefficient (Wildman–Crippen LogP) is 3.68. The Morgan fingerprint density at radius 2 is 2.35 bits per heavy atom. The predicted molar refractivity (Wildman–Crippen MR) is 65.9 cm³/mol. The Hall–Kier alpha value is -1.53. The minimum Gasteiger partial charge on any atom is -0.472 e. The highest BCUT2D eigenvalue weighted by molar-refractivity contribution is 8.00. The number of thioether (sulfide) groups is 1. The Labute approximate surface area is 106 Å². The summed E-state index contributed by atoms with van der Waals surface area (Å²) in [7, 11) is 0. The van der Waals surface area contributed by atoms with Gasteiger partial charge in [-0.2, -0.15) is 4.98 Å². The van der Waals surface area contributed by atoms with E-state index in [2.05, 4.69) is 16.2 Å². The second kappa shape index (κ2) is 4.77. The van der Waals surface area contributed by atoms with Crippen LogP contribution in [0.2, 0.25) is 0 Å². The molecule has 0 fully saturated rings. The summed E-state index contributed by atoms with van der Waals surface area (Å²) < 4.78 is 11.4. The third-order valence-corrected chi connectivity index (χ3v) is 4.20. The molecule has 17 heavy (non-hydrogen) atoms. The van der Waals surface area contributed by atoms with Gasteiger partial charge in [-0.05, 0) is 17.5 Å². The summed E-state index contributed by atoms with van der Waals surface area (Å²) in [5, 5.41) is 5.95. The summed E-state index contributed by atoms with van der Waals surface area (Å²) >= 11 is 3.39. The van der Waals surface area contributed by atoms with Gasteiger partial charge in [0.15, 0.2) is 0 Å². The van der Waals surface area contributed by atoms with Crippen LogP contribution < -0.4 is 0 Å². The van der Waals surface area contributed by atoms with Crippen LogP contribution in [0.15, 0.2) is 49.3 Å². The van der Waals surface area contributed by atoms with Crippen molar-refractivity contribution in [1.29, 1.82) is 0 Å². The monoisotopic (exact) mass is 264 g/mol. The second-order valence-electron chi connectivity index (χ2n) is 3.24. The van der Waals surface area contributed by atoms with Crippen LogP contribution >= 0.6 is 23.1 Å². The second-order valence-corrected chi connectivity index (χ2v) is 5.47. The van der Waals surface area contributed by atoms with E-state index in [4.69, 9.17) is 8.94 Å². The SMILES string of the molecule is c1csc(SCc2nc(-c3ccoc3)no2)c1. The molecule has 0 saturated carbocycles. The highest BCUT2D eigenvalue weighted by atomic mass is 32.2. The molecule has 0 unspecified atom stereocenters. The third kappa shape index (κ3) is 2.42. The molecule has 0 aliphatic rings. The number of thiophene rings is 1. The van der Waals surface area contributed by atoms with Crippen molar-refractivity contribution in [3.8, 4) is 11.4 Å². The zero-order chi connectivity index (χ0) is 11.5. The fraction of sp³-hybridized carbons (Fsp3) is 0.0909. The van der Waals surface area contributed by atoms with Crippen LogP contribution in [0.1, 0.15) is 5.89 Å². The van der Waals surface area contributed by atoms with Gasteiger partial charge in [-0.25, -0.2) is 0 Å². The number of furan rings is 1. The molecule has 0 spiro atoms. The normalized spacial score (nSPS) is 10.8. The first-order valence-corrected chi connectivity index (χ1v) is 6.80. The number of hydrogen-bond acceptors (Lipinski definition) is 6. The molecule has 0 aromatic carbocycles. The highest BCUT2D eigenvalue weighted by Crippen LogP contribution is 2.27. The van der Waals surface area contributed by atoms with Crippen molar-refractivity contribution in [1.82, 2.24) is 10.1 Å². The van der Waals surface area contributed by atoms with E-state index in [0.29, 0.717) is 17.5 Å². The average Bonchev–Trinajstić information content (AvgIpc) is 3.09. The maximum absolute atomic E-state index is 5.17. The smallest absolute Gasteiger partial charge is 0.237 e. The van der Waals surface area contributed by atoms with E-state index in [1.807, 2.05) is 11.4 Å². The zero-order valence-corrected chi connectivity index (χ0v) is 10.3. The molecule has 0 amide bonds. The largest absolute Gasteiger partial charge is 0.472 e. The molecule has 3 heterocycles. The van der Waals surface area contributed by atoms with E-state index in [-0.39, 0.29) is 0 Å². The lowest BCUT2D eigenvalue weighted by Gasteiger charge is -1.90. The first-order chi connectivity index (χ1) is 8.42. The Balaban J connectivity index is 1.69. The molecule has 86 valence electrons. The summed E-state index contributed by atoms with van der Waals surface area (Å²) in [5.41, 5.74) is 0.834. The average molecular weight is 264 g/mol. The summed E-state index contributed by atoms with van der Waals surface area (Å²) in [6, 6.07) is 5.90. The lowest BCUT2D eigenvalue weighted by atomic mass is 10.3. The number of nitrogens with zero attached hydrogens (tertiary/aromatic N) is 2.